The fraction of sp³-hybridized carbons (Fsp3) is 0.500. The molecule has 21 heavy (non-hydrogen) atoms. The van der Waals surface area contributed by atoms with E-state index in [9.17, 15) is 4.79 Å². The smallest absolute Gasteiger partial charge is 0.237 e. The normalized spacial score (nSPS) is 16.0. The zero-order valence-corrected chi connectivity index (χ0v) is 12.3. The second kappa shape index (κ2) is 8.40. The Labute approximate surface area is 126 Å². The minimum Gasteiger partial charge on any atom is -0.324 e. The van der Waals surface area contributed by atoms with Crippen LogP contribution in [0.25, 0.3) is 0 Å². The van der Waals surface area contributed by atoms with E-state index in [4.69, 9.17) is 5.26 Å². The Morgan fingerprint density at radius 2 is 2.10 bits per heavy atom. The van der Waals surface area contributed by atoms with Crippen LogP contribution in [-0.4, -0.2) is 55.0 Å². The average molecular weight is 286 g/mol. The van der Waals surface area contributed by atoms with Gasteiger partial charge in [-0.25, -0.2) is 0 Å². The van der Waals surface area contributed by atoms with Crippen molar-refractivity contribution in [3.8, 4) is 6.07 Å². The van der Waals surface area contributed by atoms with Gasteiger partial charge in [-0.1, -0.05) is 30.3 Å². The second-order valence-electron chi connectivity index (χ2n) is 5.27. The Hall–Kier alpha value is -1.90. The molecular formula is C16H22N4O. The van der Waals surface area contributed by atoms with E-state index in [1.165, 1.54) is 0 Å². The molecule has 0 unspecified atom stereocenters. The van der Waals surface area contributed by atoms with Gasteiger partial charge in [-0.3, -0.25) is 9.69 Å². The molecule has 5 heteroatoms. The number of nitrogens with one attached hydrogen (secondary N) is 1. The molecule has 1 aromatic carbocycles. The highest BCUT2D eigenvalue weighted by Gasteiger charge is 2.18. The SMILES string of the molecule is N#CCN(Cc1ccccc1)C(=O)CN1CCCNCC1. The summed E-state index contributed by atoms with van der Waals surface area (Å²) in [5, 5.41) is 12.3. The molecule has 0 saturated carbocycles. The van der Waals surface area contributed by atoms with E-state index in [2.05, 4.69) is 16.3 Å². The highest BCUT2D eigenvalue weighted by Crippen LogP contribution is 2.06. The minimum atomic E-state index is 0.0299. The second-order valence-corrected chi connectivity index (χ2v) is 5.27. The van der Waals surface area contributed by atoms with Crippen LogP contribution in [0.4, 0.5) is 0 Å². The van der Waals surface area contributed by atoms with Crippen molar-refractivity contribution in [3.05, 3.63) is 35.9 Å². The number of rotatable bonds is 5. The van der Waals surface area contributed by atoms with Crippen molar-refractivity contribution in [1.82, 2.24) is 15.1 Å². The molecule has 1 heterocycles. The molecule has 0 atom stereocenters. The molecule has 1 amide bonds. The third kappa shape index (κ3) is 5.18. The first-order valence-electron chi connectivity index (χ1n) is 7.41. The predicted molar refractivity (Wildman–Crippen MR) is 81.4 cm³/mol. The van der Waals surface area contributed by atoms with Crippen LogP contribution in [0, 0.1) is 11.3 Å². The first kappa shape index (κ1) is 15.5. The van der Waals surface area contributed by atoms with Crippen molar-refractivity contribution in [2.24, 2.45) is 0 Å². The topological polar surface area (TPSA) is 59.4 Å². The Morgan fingerprint density at radius 1 is 1.29 bits per heavy atom. The van der Waals surface area contributed by atoms with Crippen LogP contribution in [-0.2, 0) is 11.3 Å². The van der Waals surface area contributed by atoms with Crippen molar-refractivity contribution in [1.29, 1.82) is 5.26 Å². The molecule has 1 aromatic rings. The molecule has 0 radical (unpaired) electrons. The van der Waals surface area contributed by atoms with Gasteiger partial charge < -0.3 is 10.2 Å². The lowest BCUT2D eigenvalue weighted by Crippen LogP contribution is -2.41. The maximum absolute atomic E-state index is 12.4. The monoisotopic (exact) mass is 286 g/mol. The summed E-state index contributed by atoms with van der Waals surface area (Å²) in [4.78, 5) is 16.2. The lowest BCUT2D eigenvalue weighted by molar-refractivity contribution is -0.132. The van der Waals surface area contributed by atoms with Gasteiger partial charge in [-0.2, -0.15) is 5.26 Å². The van der Waals surface area contributed by atoms with Crippen LogP contribution in [0.2, 0.25) is 0 Å². The quantitative estimate of drug-likeness (QED) is 0.815. The molecule has 5 nitrogen and oxygen atoms in total. The molecule has 1 fully saturated rings. The standard InChI is InChI=1S/C16H22N4O/c17-7-11-20(13-15-5-2-1-3-6-15)16(21)14-19-10-4-8-18-9-12-19/h1-3,5-6,18H,4,8-14H2. The number of carbonyl (C=O) groups excluding carboxylic acids is 1. The van der Waals surface area contributed by atoms with Gasteiger partial charge in [0.1, 0.15) is 6.54 Å². The number of hydrogen-bond donors (Lipinski definition) is 1. The van der Waals surface area contributed by atoms with Gasteiger partial charge in [0.25, 0.3) is 0 Å². The van der Waals surface area contributed by atoms with Gasteiger partial charge in [0.2, 0.25) is 5.91 Å². The number of amides is 1. The molecule has 1 N–H and O–H groups in total. The van der Waals surface area contributed by atoms with Crippen LogP contribution < -0.4 is 5.32 Å². The number of hydrogen-bond acceptors (Lipinski definition) is 4. The Bertz CT molecular complexity index is 475. The van der Waals surface area contributed by atoms with Gasteiger partial charge in [-0.15, -0.1) is 0 Å². The number of carbonyl (C=O) groups is 1. The van der Waals surface area contributed by atoms with Crippen LogP contribution in [0.3, 0.4) is 0 Å². The molecule has 0 aliphatic carbocycles. The lowest BCUT2D eigenvalue weighted by atomic mass is 10.2. The molecule has 1 aliphatic heterocycles. The molecule has 0 spiro atoms. The van der Waals surface area contributed by atoms with Gasteiger partial charge in [0.15, 0.2) is 0 Å². The van der Waals surface area contributed by atoms with Crippen molar-refractivity contribution in [3.63, 3.8) is 0 Å². The molecule has 0 bridgehead atoms. The zero-order chi connectivity index (χ0) is 14.9. The van der Waals surface area contributed by atoms with E-state index >= 15 is 0 Å². The van der Waals surface area contributed by atoms with Gasteiger partial charge >= 0.3 is 0 Å². The van der Waals surface area contributed by atoms with E-state index in [0.29, 0.717) is 13.1 Å². The first-order chi connectivity index (χ1) is 10.3. The molecule has 2 rings (SSSR count). The maximum atomic E-state index is 12.4. The van der Waals surface area contributed by atoms with Crippen molar-refractivity contribution >= 4 is 5.91 Å². The summed E-state index contributed by atoms with van der Waals surface area (Å²) >= 11 is 0. The number of benzene rings is 1. The first-order valence-corrected chi connectivity index (χ1v) is 7.41. The fourth-order valence-corrected chi connectivity index (χ4v) is 2.47. The molecular weight excluding hydrogens is 264 g/mol. The van der Waals surface area contributed by atoms with E-state index in [-0.39, 0.29) is 12.5 Å². The van der Waals surface area contributed by atoms with Crippen molar-refractivity contribution in [2.75, 3.05) is 39.3 Å². The van der Waals surface area contributed by atoms with Gasteiger partial charge in [0.05, 0.1) is 12.6 Å². The summed E-state index contributed by atoms with van der Waals surface area (Å²) in [6.07, 6.45) is 1.06. The molecule has 112 valence electrons. The van der Waals surface area contributed by atoms with Crippen LogP contribution in [0.1, 0.15) is 12.0 Å². The Balaban J connectivity index is 1.93. The predicted octanol–water partition coefficient (Wildman–Crippen LogP) is 0.834. The molecule has 1 aliphatic rings. The summed E-state index contributed by atoms with van der Waals surface area (Å²) in [5.41, 5.74) is 1.05. The number of nitriles is 1. The van der Waals surface area contributed by atoms with Crippen LogP contribution in [0.5, 0.6) is 0 Å². The fourth-order valence-electron chi connectivity index (χ4n) is 2.47. The van der Waals surface area contributed by atoms with Crippen LogP contribution in [0.15, 0.2) is 30.3 Å². The van der Waals surface area contributed by atoms with Crippen LogP contribution >= 0.6 is 0 Å². The van der Waals surface area contributed by atoms with E-state index in [1.807, 2.05) is 30.3 Å². The highest BCUT2D eigenvalue weighted by atomic mass is 16.2. The third-order valence-corrected chi connectivity index (χ3v) is 3.62. The van der Waals surface area contributed by atoms with E-state index in [0.717, 1.165) is 38.2 Å². The highest BCUT2D eigenvalue weighted by molar-refractivity contribution is 5.78. The van der Waals surface area contributed by atoms with Crippen molar-refractivity contribution < 1.29 is 4.79 Å². The summed E-state index contributed by atoms with van der Waals surface area (Å²) in [7, 11) is 0. The summed E-state index contributed by atoms with van der Waals surface area (Å²) < 4.78 is 0. The van der Waals surface area contributed by atoms with E-state index in [1.54, 1.807) is 4.90 Å². The molecule has 0 aromatic heterocycles. The summed E-state index contributed by atoms with van der Waals surface area (Å²) in [6, 6.07) is 11.9. The zero-order valence-electron chi connectivity index (χ0n) is 12.3. The molecule has 1 saturated heterocycles. The summed E-state index contributed by atoms with van der Waals surface area (Å²) in [6.45, 7) is 4.79. The summed E-state index contributed by atoms with van der Waals surface area (Å²) in [5.74, 6) is 0.0299. The third-order valence-electron chi connectivity index (χ3n) is 3.62. The average Bonchev–Trinajstić information content (AvgIpc) is 2.76. The Morgan fingerprint density at radius 3 is 2.86 bits per heavy atom. The maximum Gasteiger partial charge on any atom is 0.237 e. The van der Waals surface area contributed by atoms with Crippen molar-refractivity contribution in [2.45, 2.75) is 13.0 Å². The number of nitrogens with zero attached hydrogens (tertiary/aromatic N) is 3. The minimum absolute atomic E-state index is 0.0299. The Kier molecular flexibility index (Phi) is 6.20. The lowest BCUT2D eigenvalue weighted by Gasteiger charge is -2.25. The van der Waals surface area contributed by atoms with Gasteiger partial charge in [-0.05, 0) is 25.1 Å². The van der Waals surface area contributed by atoms with E-state index < -0.39 is 0 Å². The largest absolute Gasteiger partial charge is 0.324 e. The van der Waals surface area contributed by atoms with Gasteiger partial charge in [0, 0.05) is 19.6 Å².